The number of nitrogens with two attached hydrogens (primary N) is 1. The summed E-state index contributed by atoms with van der Waals surface area (Å²) in [5.41, 5.74) is 7.68. The average molecular weight is 313 g/mol. The van der Waals surface area contributed by atoms with Gasteiger partial charge in [0.05, 0.1) is 5.69 Å². The highest BCUT2D eigenvalue weighted by atomic mass is 16.5. The van der Waals surface area contributed by atoms with Crippen LogP contribution in [0.4, 0.5) is 16.2 Å². The zero-order chi connectivity index (χ0) is 16.8. The highest BCUT2D eigenvalue weighted by Crippen LogP contribution is 2.18. The predicted molar refractivity (Wildman–Crippen MR) is 89.2 cm³/mol. The minimum Gasteiger partial charge on any atom is -0.473 e. The van der Waals surface area contributed by atoms with Gasteiger partial charge in [0.25, 0.3) is 0 Å². The van der Waals surface area contributed by atoms with Crippen LogP contribution in [-0.2, 0) is 4.79 Å². The Morgan fingerprint density at radius 2 is 1.87 bits per heavy atom. The molecule has 6 nitrogen and oxygen atoms in total. The standard InChI is InChI=1S/C17H19N3O3/c1-12-6-8-16(9-7-12)23-11-19-17(22)20(13(2)21)15-5-3-4-14(18)10-15/h3-10H,11,18H2,1-2H3,(H,19,22). The second kappa shape index (κ2) is 7.31. The van der Waals surface area contributed by atoms with Gasteiger partial charge >= 0.3 is 6.03 Å². The van der Waals surface area contributed by atoms with Gasteiger partial charge in [-0.15, -0.1) is 0 Å². The first-order chi connectivity index (χ1) is 11.0. The largest absolute Gasteiger partial charge is 0.473 e. The number of imide groups is 1. The molecule has 23 heavy (non-hydrogen) atoms. The molecule has 0 heterocycles. The van der Waals surface area contributed by atoms with E-state index in [4.69, 9.17) is 10.5 Å². The van der Waals surface area contributed by atoms with Crippen molar-refractivity contribution in [1.82, 2.24) is 5.32 Å². The monoisotopic (exact) mass is 313 g/mol. The van der Waals surface area contributed by atoms with E-state index in [1.54, 1.807) is 24.3 Å². The number of aryl methyl sites for hydroxylation is 1. The van der Waals surface area contributed by atoms with E-state index >= 15 is 0 Å². The molecule has 3 N–H and O–H groups in total. The number of amides is 3. The van der Waals surface area contributed by atoms with Crippen LogP contribution in [0, 0.1) is 6.92 Å². The van der Waals surface area contributed by atoms with E-state index in [1.165, 1.54) is 6.92 Å². The molecule has 120 valence electrons. The Labute approximate surface area is 134 Å². The molecule has 0 fully saturated rings. The van der Waals surface area contributed by atoms with E-state index in [0.717, 1.165) is 10.5 Å². The Morgan fingerprint density at radius 1 is 1.17 bits per heavy atom. The number of nitrogens with one attached hydrogen (secondary N) is 1. The van der Waals surface area contributed by atoms with Gasteiger partial charge in [0.15, 0.2) is 6.73 Å². The molecule has 6 heteroatoms. The number of nitrogen functional groups attached to an aromatic ring is 1. The van der Waals surface area contributed by atoms with Crippen LogP contribution in [0.25, 0.3) is 0 Å². The molecule has 0 aliphatic carbocycles. The zero-order valence-corrected chi connectivity index (χ0v) is 13.1. The third-order valence-electron chi connectivity index (χ3n) is 3.13. The average Bonchev–Trinajstić information content (AvgIpc) is 2.49. The number of nitrogens with zero attached hydrogens (tertiary/aromatic N) is 1. The molecule has 0 bridgehead atoms. The summed E-state index contributed by atoms with van der Waals surface area (Å²) in [6.07, 6.45) is 0. The molecule has 2 aromatic rings. The Kier molecular flexibility index (Phi) is 5.19. The van der Waals surface area contributed by atoms with Crippen LogP contribution in [0.1, 0.15) is 12.5 Å². The van der Waals surface area contributed by atoms with Crippen molar-refractivity contribution >= 4 is 23.3 Å². The first kappa shape index (κ1) is 16.4. The number of ether oxygens (including phenoxy) is 1. The third kappa shape index (κ3) is 4.47. The first-order valence-corrected chi connectivity index (χ1v) is 7.11. The van der Waals surface area contributed by atoms with E-state index in [-0.39, 0.29) is 6.73 Å². The number of hydrogen-bond donors (Lipinski definition) is 2. The summed E-state index contributed by atoms with van der Waals surface area (Å²) in [6.45, 7) is 3.24. The van der Waals surface area contributed by atoms with Crippen LogP contribution in [0.3, 0.4) is 0 Å². The summed E-state index contributed by atoms with van der Waals surface area (Å²) >= 11 is 0. The molecule has 0 saturated heterocycles. The molecule has 0 atom stereocenters. The van der Waals surface area contributed by atoms with Gasteiger partial charge in [0.2, 0.25) is 5.91 Å². The summed E-state index contributed by atoms with van der Waals surface area (Å²) < 4.78 is 5.43. The SMILES string of the molecule is CC(=O)N(C(=O)NCOc1ccc(C)cc1)c1cccc(N)c1. The number of carbonyl (C=O) groups is 2. The van der Waals surface area contributed by atoms with Crippen molar-refractivity contribution in [1.29, 1.82) is 0 Å². The minimum absolute atomic E-state index is 0.0476. The molecule has 0 aliphatic rings. The van der Waals surface area contributed by atoms with Crippen molar-refractivity contribution in [3.05, 3.63) is 54.1 Å². The first-order valence-electron chi connectivity index (χ1n) is 7.11. The molecule has 0 unspecified atom stereocenters. The molecule has 2 rings (SSSR count). The van der Waals surface area contributed by atoms with E-state index < -0.39 is 11.9 Å². The number of rotatable bonds is 4. The van der Waals surface area contributed by atoms with E-state index in [1.807, 2.05) is 31.2 Å². The number of carbonyl (C=O) groups excluding carboxylic acids is 2. The third-order valence-corrected chi connectivity index (χ3v) is 3.13. The fraction of sp³-hybridized carbons (Fsp3) is 0.176. The summed E-state index contributed by atoms with van der Waals surface area (Å²) in [6, 6.07) is 13.4. The number of benzene rings is 2. The summed E-state index contributed by atoms with van der Waals surface area (Å²) in [5, 5.41) is 2.55. The van der Waals surface area contributed by atoms with E-state index in [0.29, 0.717) is 17.1 Å². The van der Waals surface area contributed by atoms with Crippen LogP contribution in [0.15, 0.2) is 48.5 Å². The Balaban J connectivity index is 1.99. The van der Waals surface area contributed by atoms with Crippen LogP contribution < -0.4 is 20.7 Å². The maximum absolute atomic E-state index is 12.2. The normalized spacial score (nSPS) is 10.0. The number of urea groups is 1. The Morgan fingerprint density at radius 3 is 2.48 bits per heavy atom. The fourth-order valence-electron chi connectivity index (χ4n) is 2.00. The highest BCUT2D eigenvalue weighted by molar-refractivity contribution is 6.13. The van der Waals surface area contributed by atoms with Crippen molar-refractivity contribution in [2.24, 2.45) is 0 Å². The van der Waals surface area contributed by atoms with Crippen molar-refractivity contribution in [3.63, 3.8) is 0 Å². The van der Waals surface area contributed by atoms with Crippen molar-refractivity contribution in [2.45, 2.75) is 13.8 Å². The molecule has 3 amide bonds. The topological polar surface area (TPSA) is 84.7 Å². The maximum Gasteiger partial charge on any atom is 0.331 e. The maximum atomic E-state index is 12.2. The van der Waals surface area contributed by atoms with Gasteiger partial charge < -0.3 is 15.8 Å². The van der Waals surface area contributed by atoms with Gasteiger partial charge in [-0.1, -0.05) is 23.8 Å². The zero-order valence-electron chi connectivity index (χ0n) is 13.1. The number of anilines is 2. The lowest BCUT2D eigenvalue weighted by atomic mass is 10.2. The molecule has 0 aromatic heterocycles. The van der Waals surface area contributed by atoms with Crippen molar-refractivity contribution in [3.8, 4) is 5.75 Å². The van der Waals surface area contributed by atoms with Gasteiger partial charge in [0, 0.05) is 12.6 Å². The van der Waals surface area contributed by atoms with Crippen molar-refractivity contribution < 1.29 is 14.3 Å². The summed E-state index contributed by atoms with van der Waals surface area (Å²) in [7, 11) is 0. The quantitative estimate of drug-likeness (QED) is 0.671. The van der Waals surface area contributed by atoms with Gasteiger partial charge in [-0.3, -0.25) is 4.79 Å². The lowest BCUT2D eigenvalue weighted by molar-refractivity contribution is -0.115. The molecule has 2 aromatic carbocycles. The minimum atomic E-state index is -0.574. The van der Waals surface area contributed by atoms with Crippen molar-refractivity contribution in [2.75, 3.05) is 17.4 Å². The lowest BCUT2D eigenvalue weighted by Crippen LogP contribution is -2.44. The van der Waals surface area contributed by atoms with Gasteiger partial charge in [-0.05, 0) is 37.3 Å². The van der Waals surface area contributed by atoms with E-state index in [2.05, 4.69) is 5.32 Å². The van der Waals surface area contributed by atoms with Gasteiger partial charge in [-0.2, -0.15) is 0 Å². The van der Waals surface area contributed by atoms with Gasteiger partial charge in [-0.25, -0.2) is 9.69 Å². The van der Waals surface area contributed by atoms with Crippen LogP contribution in [-0.4, -0.2) is 18.7 Å². The molecule has 0 radical (unpaired) electrons. The predicted octanol–water partition coefficient (Wildman–Crippen LogP) is 2.68. The van der Waals surface area contributed by atoms with E-state index in [9.17, 15) is 9.59 Å². The Hall–Kier alpha value is -3.02. The smallest absolute Gasteiger partial charge is 0.331 e. The molecular formula is C17H19N3O3. The second-order valence-corrected chi connectivity index (χ2v) is 5.03. The summed E-state index contributed by atoms with van der Waals surface area (Å²) in [5.74, 6) is 0.220. The molecule has 0 aliphatic heterocycles. The second-order valence-electron chi connectivity index (χ2n) is 5.03. The highest BCUT2D eigenvalue weighted by Gasteiger charge is 2.20. The molecule has 0 spiro atoms. The van der Waals surface area contributed by atoms with Crippen LogP contribution in [0.5, 0.6) is 5.75 Å². The molecular weight excluding hydrogens is 294 g/mol. The van der Waals surface area contributed by atoms with Crippen LogP contribution in [0.2, 0.25) is 0 Å². The fourth-order valence-corrected chi connectivity index (χ4v) is 2.00. The summed E-state index contributed by atoms with van der Waals surface area (Å²) in [4.78, 5) is 25.0. The lowest BCUT2D eigenvalue weighted by Gasteiger charge is -2.20. The van der Waals surface area contributed by atoms with Crippen LogP contribution >= 0.6 is 0 Å². The molecule has 0 saturated carbocycles. The Bertz CT molecular complexity index is 698. The van der Waals surface area contributed by atoms with Gasteiger partial charge in [0.1, 0.15) is 5.75 Å². The number of hydrogen-bond acceptors (Lipinski definition) is 4.